The molecular formula is C84H135N7O22. The third-order valence-corrected chi connectivity index (χ3v) is 15.9. The Hall–Kier alpha value is -10.4. The van der Waals surface area contributed by atoms with Crippen LogP contribution in [0.1, 0.15) is 234 Å². The van der Waals surface area contributed by atoms with Gasteiger partial charge in [0.1, 0.15) is 66.1 Å². The summed E-state index contributed by atoms with van der Waals surface area (Å²) in [6, 6.07) is 15.4. The number of nitrogens with one attached hydrogen (secondary N) is 3. The van der Waals surface area contributed by atoms with Gasteiger partial charge in [0.25, 0.3) is 0 Å². The molecule has 0 radical (unpaired) electrons. The molecule has 0 heterocycles. The second kappa shape index (κ2) is 74.3. The molecule has 29 heteroatoms. The highest BCUT2D eigenvalue weighted by molar-refractivity contribution is 5.92. The van der Waals surface area contributed by atoms with E-state index in [9.17, 15) is 57.5 Å². The SMILES string of the molecule is C=C(C)C(=O)NCCNC(=O)C(C)(C)CC.C=C(C)C(=O)OCCNC(=O)OCCOC(=O)C(C)CC.C=C(C)C(=O)OCCOC(=O)C(C)CC.C=Cc1ccc(COC(=O)C(C)CC)cc1.CCC(C)(C)C(=O)OCCC#N.CCC(C)C(=O)OCCC#N.CCC(C)C(=O)OCCC#N.CCC(C)C(=O)OCCC#N. The van der Waals surface area contributed by atoms with Crippen LogP contribution in [-0.2, 0) is 107 Å². The zero-order valence-electron chi connectivity index (χ0n) is 71.6. The number of nitrogens with zero attached hydrogens (tertiary/aromatic N) is 4. The lowest BCUT2D eigenvalue weighted by Crippen LogP contribution is -2.40. The number of hydrogen-bond acceptors (Lipinski definition) is 26. The summed E-state index contributed by atoms with van der Waals surface area (Å²) in [5.41, 5.74) is 2.40. The monoisotopic (exact) mass is 1590 g/mol. The third kappa shape index (κ3) is 69.3. The third-order valence-electron chi connectivity index (χ3n) is 15.9. The fourth-order valence-corrected chi connectivity index (χ4v) is 5.93. The van der Waals surface area contributed by atoms with Gasteiger partial charge in [-0.2, -0.15) is 21.0 Å². The Bertz CT molecular complexity index is 3060. The lowest BCUT2D eigenvalue weighted by Gasteiger charge is -2.21. The summed E-state index contributed by atoms with van der Waals surface area (Å²) >= 11 is 0. The highest BCUT2D eigenvalue weighted by atomic mass is 16.6. The molecular weight excluding hydrogens is 1460 g/mol. The molecule has 0 aliphatic heterocycles. The Morgan fingerprint density at radius 2 is 0.690 bits per heavy atom. The van der Waals surface area contributed by atoms with Gasteiger partial charge >= 0.3 is 59.8 Å². The van der Waals surface area contributed by atoms with Crippen molar-refractivity contribution in [3.63, 3.8) is 0 Å². The van der Waals surface area contributed by atoms with Gasteiger partial charge in [-0.05, 0) is 97.1 Å². The van der Waals surface area contributed by atoms with Gasteiger partial charge < -0.3 is 63.3 Å². The summed E-state index contributed by atoms with van der Waals surface area (Å²) in [7, 11) is 0. The predicted molar refractivity (Wildman–Crippen MR) is 430 cm³/mol. The molecule has 1 aromatic carbocycles. The highest BCUT2D eigenvalue weighted by Crippen LogP contribution is 2.22. The van der Waals surface area contributed by atoms with Crippen LogP contribution in [0.15, 0.2) is 67.3 Å². The smallest absolute Gasteiger partial charge is 0.407 e. The standard InChI is InChI=1S/C14H23NO6.C14H18O2.C12H22N2O2.C11H18O4.C9H15NO2.3C8H13NO2/c1-5-11(4)13(17)20-8-9-21-14(18)15-6-7-19-12(16)10(2)3;1-4-11(3)14(15)16-10-13-8-6-12(5-2)7-9-13;1-6-12(4,5)11(16)14-8-7-13-10(15)9(2)3;1-5-9(4)11(13)15-7-6-14-10(12)8(2)3;1-4-9(2,3)8(11)12-7-5-6-10;3*1-3-7(2)8(10)11-6-4-5-9/h11H,2,5-9H2,1,3-4H3,(H,15,18);5-9,11H,2,4,10H2,1,3H3;2,6-8H2,1,3-5H3,(H,13,15)(H,14,16);9H,2,5-7H2,1,3-4H3;4-5,7H2,1-3H3;3*7H,3-4,6H2,1-2H3. The maximum atomic E-state index is 11.6. The van der Waals surface area contributed by atoms with Gasteiger partial charge in [-0.15, -0.1) is 0 Å². The topological polar surface area (TPSA) is 428 Å². The van der Waals surface area contributed by atoms with E-state index in [1.165, 1.54) is 6.92 Å². The number of rotatable bonds is 42. The van der Waals surface area contributed by atoms with Crippen LogP contribution in [0.2, 0.25) is 0 Å². The van der Waals surface area contributed by atoms with E-state index in [2.05, 4.69) is 42.3 Å². The molecule has 1 rings (SSSR count). The Morgan fingerprint density at radius 3 is 1.00 bits per heavy atom. The van der Waals surface area contributed by atoms with Crippen LogP contribution >= 0.6 is 0 Å². The molecule has 3 amide bonds. The van der Waals surface area contributed by atoms with Crippen molar-refractivity contribution in [1.29, 1.82) is 21.0 Å². The number of nitriles is 4. The predicted octanol–water partition coefficient (Wildman–Crippen LogP) is 14.1. The second-order valence-corrected chi connectivity index (χ2v) is 26.7. The van der Waals surface area contributed by atoms with Crippen LogP contribution < -0.4 is 16.0 Å². The fourth-order valence-electron chi connectivity index (χ4n) is 5.93. The zero-order chi connectivity index (χ0) is 88.5. The Morgan fingerprint density at radius 1 is 0.389 bits per heavy atom. The highest BCUT2D eigenvalue weighted by Gasteiger charge is 2.27. The maximum Gasteiger partial charge on any atom is 0.407 e. The maximum absolute atomic E-state index is 11.6. The number of carbonyl (C=O) groups is 12. The van der Waals surface area contributed by atoms with Crippen LogP contribution in [0.25, 0.3) is 6.08 Å². The molecule has 113 heavy (non-hydrogen) atoms. The van der Waals surface area contributed by atoms with Crippen molar-refractivity contribution in [1.82, 2.24) is 16.0 Å². The van der Waals surface area contributed by atoms with E-state index >= 15 is 0 Å². The average molecular weight is 1600 g/mol. The molecule has 0 saturated heterocycles. The van der Waals surface area contributed by atoms with Crippen LogP contribution in [0.4, 0.5) is 4.79 Å². The van der Waals surface area contributed by atoms with Crippen molar-refractivity contribution in [3.05, 3.63) is 78.4 Å². The normalized spacial score (nSPS) is 11.4. The first kappa shape index (κ1) is 116. The quantitative estimate of drug-likeness (QED) is 0.0237. The van der Waals surface area contributed by atoms with Gasteiger partial charge in [0.05, 0.1) is 97.4 Å². The average Bonchev–Trinajstić information content (AvgIpc) is 0.896. The largest absolute Gasteiger partial charge is 0.464 e. The van der Waals surface area contributed by atoms with Gasteiger partial charge in [0, 0.05) is 35.2 Å². The summed E-state index contributed by atoms with van der Waals surface area (Å²) in [6.45, 7) is 55.0. The Labute approximate surface area is 673 Å². The first-order valence-corrected chi connectivity index (χ1v) is 38.2. The summed E-state index contributed by atoms with van der Waals surface area (Å²) in [6.07, 6.45) is 8.37. The van der Waals surface area contributed by atoms with Crippen molar-refractivity contribution in [2.24, 2.45) is 46.3 Å². The lowest BCUT2D eigenvalue weighted by atomic mass is 9.89. The van der Waals surface area contributed by atoms with E-state index in [0.29, 0.717) is 42.8 Å². The Kier molecular flexibility index (Phi) is 76.2. The molecule has 3 N–H and O–H groups in total. The van der Waals surface area contributed by atoms with Crippen LogP contribution in [0.5, 0.6) is 0 Å². The summed E-state index contributed by atoms with van der Waals surface area (Å²) in [4.78, 5) is 134. The molecule has 6 unspecified atom stereocenters. The minimum atomic E-state index is -0.666. The molecule has 0 spiro atoms. The van der Waals surface area contributed by atoms with E-state index in [0.717, 1.165) is 56.1 Å². The molecule has 0 aromatic heterocycles. The van der Waals surface area contributed by atoms with Gasteiger partial charge in [0.15, 0.2) is 0 Å². The molecule has 1 aromatic rings. The number of ether oxygens (including phenoxy) is 10. The molecule has 6 atom stereocenters. The number of amides is 3. The Balaban J connectivity index is -0.000000230. The number of benzene rings is 1. The van der Waals surface area contributed by atoms with Gasteiger partial charge in [0.2, 0.25) is 11.8 Å². The van der Waals surface area contributed by atoms with E-state index in [1.807, 2.05) is 159 Å². The van der Waals surface area contributed by atoms with E-state index in [-0.39, 0.29) is 186 Å². The molecule has 0 aliphatic carbocycles. The number of carbonyl (C=O) groups excluding carboxylic acids is 12. The van der Waals surface area contributed by atoms with Crippen molar-refractivity contribution in [3.8, 4) is 24.3 Å². The van der Waals surface area contributed by atoms with Gasteiger partial charge in [-0.25, -0.2) is 14.4 Å². The van der Waals surface area contributed by atoms with E-state index in [4.69, 9.17) is 68.4 Å². The van der Waals surface area contributed by atoms with E-state index in [1.54, 1.807) is 33.8 Å². The van der Waals surface area contributed by atoms with Crippen LogP contribution in [0, 0.1) is 91.7 Å². The van der Waals surface area contributed by atoms with Crippen LogP contribution in [-0.4, -0.2) is 151 Å². The molecule has 0 fully saturated rings. The van der Waals surface area contributed by atoms with Crippen molar-refractivity contribution >= 4 is 77.7 Å². The lowest BCUT2D eigenvalue weighted by molar-refractivity contribution is -0.154. The fraction of sp³-hybridized carbons (Fsp3) is 0.643. The van der Waals surface area contributed by atoms with Crippen molar-refractivity contribution < 1.29 is 105 Å². The molecule has 29 nitrogen and oxygen atoms in total. The minimum Gasteiger partial charge on any atom is -0.464 e. The number of hydrogen-bond donors (Lipinski definition) is 3. The zero-order valence-corrected chi connectivity index (χ0v) is 71.6. The summed E-state index contributed by atoms with van der Waals surface area (Å²) in [5, 5.41) is 40.4. The molecule has 0 saturated carbocycles. The van der Waals surface area contributed by atoms with Crippen LogP contribution in [0.3, 0.4) is 0 Å². The summed E-state index contributed by atoms with van der Waals surface area (Å²) < 4.78 is 48.5. The minimum absolute atomic E-state index is 0.0135. The number of esters is 9. The van der Waals surface area contributed by atoms with Gasteiger partial charge in [-0.1, -0.05) is 167 Å². The molecule has 0 aliphatic rings. The van der Waals surface area contributed by atoms with E-state index < -0.39 is 23.4 Å². The van der Waals surface area contributed by atoms with Gasteiger partial charge in [-0.3, -0.25) is 43.2 Å². The molecule has 638 valence electrons. The molecule has 0 bridgehead atoms. The van der Waals surface area contributed by atoms with Crippen molar-refractivity contribution in [2.75, 3.05) is 79.1 Å². The second-order valence-electron chi connectivity index (χ2n) is 26.7. The first-order valence-electron chi connectivity index (χ1n) is 38.2. The van der Waals surface area contributed by atoms with Crippen molar-refractivity contribution in [2.45, 2.75) is 229 Å². The number of alkyl carbamates (subject to hydrolysis) is 1. The first-order chi connectivity index (χ1) is 53.0. The summed E-state index contributed by atoms with van der Waals surface area (Å²) in [5.74, 6) is -3.12.